The summed E-state index contributed by atoms with van der Waals surface area (Å²) in [6.07, 6.45) is -1.01. The second-order valence-electron chi connectivity index (χ2n) is 6.15. The number of carboxylic acids is 1. The van der Waals surface area contributed by atoms with Crippen molar-refractivity contribution in [1.82, 2.24) is 5.32 Å². The Morgan fingerprint density at radius 1 is 1.29 bits per heavy atom. The average Bonchev–Trinajstić information content (AvgIpc) is 2.53. The summed E-state index contributed by atoms with van der Waals surface area (Å²) in [6.45, 7) is 3.71. The standard InChI is InChI=1S/C17H26N2O5/c1-10(2)8-13(17(22)23)19-16(21)15(20)12(18)9-11-6-4-5-7-14(11)24-3/h4-7,10,12-13,15,20H,8-9,18H2,1-3H3,(H,19,21)(H,22,23)/t12?,13-,15?/m0/s1. The first-order chi connectivity index (χ1) is 11.3. The molecule has 3 atom stereocenters. The molecule has 0 bridgehead atoms. The maximum Gasteiger partial charge on any atom is 0.326 e. The van der Waals surface area contributed by atoms with Crippen LogP contribution in [0.15, 0.2) is 24.3 Å². The van der Waals surface area contributed by atoms with E-state index < -0.39 is 30.1 Å². The number of carboxylic acid groups (broad SMARTS) is 1. The molecule has 2 unspecified atom stereocenters. The lowest BCUT2D eigenvalue weighted by atomic mass is 9.99. The van der Waals surface area contributed by atoms with E-state index in [0.29, 0.717) is 5.75 Å². The van der Waals surface area contributed by atoms with Gasteiger partial charge in [-0.15, -0.1) is 0 Å². The summed E-state index contributed by atoms with van der Waals surface area (Å²) in [5.74, 6) is -1.22. The number of nitrogens with two attached hydrogens (primary N) is 1. The Balaban J connectivity index is 2.71. The SMILES string of the molecule is COc1ccccc1CC(N)C(O)C(=O)N[C@@H](CC(C)C)C(=O)O. The number of hydrogen-bond donors (Lipinski definition) is 4. The molecule has 0 aliphatic carbocycles. The maximum atomic E-state index is 12.1. The van der Waals surface area contributed by atoms with E-state index in [2.05, 4.69) is 5.32 Å². The van der Waals surface area contributed by atoms with Gasteiger partial charge in [-0.25, -0.2) is 4.79 Å². The smallest absolute Gasteiger partial charge is 0.326 e. The van der Waals surface area contributed by atoms with Crippen molar-refractivity contribution in [2.45, 2.75) is 44.9 Å². The molecule has 0 aliphatic rings. The first kappa shape index (κ1) is 19.9. The van der Waals surface area contributed by atoms with Gasteiger partial charge in [0.1, 0.15) is 17.9 Å². The third-order valence-corrected chi connectivity index (χ3v) is 3.64. The highest BCUT2D eigenvalue weighted by atomic mass is 16.5. The summed E-state index contributed by atoms with van der Waals surface area (Å²) < 4.78 is 5.21. The van der Waals surface area contributed by atoms with Gasteiger partial charge in [0.05, 0.1) is 7.11 Å². The molecule has 0 radical (unpaired) electrons. The zero-order chi connectivity index (χ0) is 18.3. The van der Waals surface area contributed by atoms with Crippen molar-refractivity contribution in [3.63, 3.8) is 0 Å². The van der Waals surface area contributed by atoms with Crippen molar-refractivity contribution >= 4 is 11.9 Å². The predicted molar refractivity (Wildman–Crippen MR) is 89.7 cm³/mol. The Kier molecular flexibility index (Phi) is 7.67. The van der Waals surface area contributed by atoms with Gasteiger partial charge in [0.2, 0.25) is 0 Å². The first-order valence-corrected chi connectivity index (χ1v) is 7.85. The number of carbonyl (C=O) groups excluding carboxylic acids is 1. The minimum absolute atomic E-state index is 0.0887. The summed E-state index contributed by atoms with van der Waals surface area (Å²) in [7, 11) is 1.52. The quantitative estimate of drug-likeness (QED) is 0.521. The van der Waals surface area contributed by atoms with E-state index in [1.807, 2.05) is 13.8 Å². The van der Waals surface area contributed by atoms with Crippen LogP contribution in [0, 0.1) is 5.92 Å². The number of para-hydroxylation sites is 1. The molecule has 0 fully saturated rings. The van der Waals surface area contributed by atoms with Gasteiger partial charge in [-0.1, -0.05) is 32.0 Å². The number of ether oxygens (including phenoxy) is 1. The van der Waals surface area contributed by atoms with Crippen molar-refractivity contribution in [3.8, 4) is 5.75 Å². The molecule has 0 heterocycles. The number of carbonyl (C=O) groups is 2. The molecule has 7 nitrogen and oxygen atoms in total. The monoisotopic (exact) mass is 338 g/mol. The number of hydrogen-bond acceptors (Lipinski definition) is 5. The second-order valence-corrected chi connectivity index (χ2v) is 6.15. The van der Waals surface area contributed by atoms with Crippen LogP contribution in [0.2, 0.25) is 0 Å². The molecular weight excluding hydrogens is 312 g/mol. The largest absolute Gasteiger partial charge is 0.496 e. The Morgan fingerprint density at radius 2 is 1.92 bits per heavy atom. The molecule has 5 N–H and O–H groups in total. The van der Waals surface area contributed by atoms with Crippen molar-refractivity contribution in [3.05, 3.63) is 29.8 Å². The lowest BCUT2D eigenvalue weighted by Gasteiger charge is -2.22. The number of rotatable bonds is 9. The van der Waals surface area contributed by atoms with Gasteiger partial charge in [-0.3, -0.25) is 4.79 Å². The molecule has 1 rings (SSSR count). The molecule has 0 spiro atoms. The molecule has 0 aliphatic heterocycles. The van der Waals surface area contributed by atoms with E-state index in [0.717, 1.165) is 5.56 Å². The summed E-state index contributed by atoms with van der Waals surface area (Å²) in [4.78, 5) is 23.3. The Bertz CT molecular complexity index is 562. The lowest BCUT2D eigenvalue weighted by molar-refractivity contribution is -0.144. The fourth-order valence-electron chi connectivity index (χ4n) is 2.38. The molecule has 0 aromatic heterocycles. The molecular formula is C17H26N2O5. The van der Waals surface area contributed by atoms with E-state index in [4.69, 9.17) is 15.6 Å². The molecule has 1 aromatic carbocycles. The molecule has 1 amide bonds. The fourth-order valence-corrected chi connectivity index (χ4v) is 2.38. The van der Waals surface area contributed by atoms with E-state index >= 15 is 0 Å². The Hall–Kier alpha value is -2.12. The van der Waals surface area contributed by atoms with Crippen LogP contribution >= 0.6 is 0 Å². The maximum absolute atomic E-state index is 12.1. The van der Waals surface area contributed by atoms with E-state index in [1.165, 1.54) is 7.11 Å². The van der Waals surface area contributed by atoms with Crippen LogP contribution in [-0.2, 0) is 16.0 Å². The number of aliphatic carboxylic acids is 1. The summed E-state index contributed by atoms with van der Waals surface area (Å²) in [5, 5.41) is 21.6. The Labute approximate surface area is 141 Å². The van der Waals surface area contributed by atoms with E-state index in [9.17, 15) is 14.7 Å². The molecule has 0 saturated heterocycles. The lowest BCUT2D eigenvalue weighted by Crippen LogP contribution is -2.52. The summed E-state index contributed by atoms with van der Waals surface area (Å²) in [6, 6.07) is 5.24. The zero-order valence-corrected chi connectivity index (χ0v) is 14.2. The highest BCUT2D eigenvalue weighted by Crippen LogP contribution is 2.19. The van der Waals surface area contributed by atoms with Crippen LogP contribution in [0.1, 0.15) is 25.8 Å². The van der Waals surface area contributed by atoms with Crippen LogP contribution < -0.4 is 15.8 Å². The Morgan fingerprint density at radius 3 is 2.46 bits per heavy atom. The van der Waals surface area contributed by atoms with Gasteiger partial charge in [0.15, 0.2) is 0 Å². The van der Waals surface area contributed by atoms with E-state index in [-0.39, 0.29) is 18.8 Å². The van der Waals surface area contributed by atoms with E-state index in [1.54, 1.807) is 24.3 Å². The number of methoxy groups -OCH3 is 1. The minimum Gasteiger partial charge on any atom is -0.496 e. The predicted octanol–water partition coefficient (Wildman–Crippen LogP) is 0.541. The van der Waals surface area contributed by atoms with Crippen molar-refractivity contribution in [1.29, 1.82) is 0 Å². The van der Waals surface area contributed by atoms with Crippen LogP contribution in [0.25, 0.3) is 0 Å². The average molecular weight is 338 g/mol. The van der Waals surface area contributed by atoms with Gasteiger partial charge in [0.25, 0.3) is 5.91 Å². The highest BCUT2D eigenvalue weighted by Gasteiger charge is 2.28. The minimum atomic E-state index is -1.51. The van der Waals surface area contributed by atoms with Gasteiger partial charge in [-0.2, -0.15) is 0 Å². The highest BCUT2D eigenvalue weighted by molar-refractivity contribution is 5.86. The van der Waals surface area contributed by atoms with Crippen molar-refractivity contribution in [2.24, 2.45) is 11.7 Å². The van der Waals surface area contributed by atoms with Gasteiger partial charge >= 0.3 is 5.97 Å². The number of amides is 1. The number of aliphatic hydroxyl groups is 1. The molecule has 134 valence electrons. The number of benzene rings is 1. The third kappa shape index (κ3) is 5.82. The van der Waals surface area contributed by atoms with Crippen LogP contribution in [0.4, 0.5) is 0 Å². The zero-order valence-electron chi connectivity index (χ0n) is 14.2. The van der Waals surface area contributed by atoms with Crippen LogP contribution in [-0.4, -0.2) is 47.4 Å². The fraction of sp³-hybridized carbons (Fsp3) is 0.529. The topological polar surface area (TPSA) is 122 Å². The number of aliphatic hydroxyl groups excluding tert-OH is 1. The van der Waals surface area contributed by atoms with Crippen LogP contribution in [0.5, 0.6) is 5.75 Å². The molecule has 1 aromatic rings. The molecule has 0 saturated carbocycles. The normalized spacial score (nSPS) is 14.8. The number of nitrogens with one attached hydrogen (secondary N) is 1. The van der Waals surface area contributed by atoms with Gasteiger partial charge in [0, 0.05) is 6.04 Å². The van der Waals surface area contributed by atoms with Crippen molar-refractivity contribution in [2.75, 3.05) is 7.11 Å². The summed E-state index contributed by atoms with van der Waals surface area (Å²) >= 11 is 0. The molecule has 7 heteroatoms. The van der Waals surface area contributed by atoms with Crippen LogP contribution in [0.3, 0.4) is 0 Å². The van der Waals surface area contributed by atoms with Gasteiger partial charge < -0.3 is 26.0 Å². The van der Waals surface area contributed by atoms with Crippen molar-refractivity contribution < 1.29 is 24.5 Å². The first-order valence-electron chi connectivity index (χ1n) is 7.85. The van der Waals surface area contributed by atoms with Gasteiger partial charge in [-0.05, 0) is 30.4 Å². The third-order valence-electron chi connectivity index (χ3n) is 3.64. The summed E-state index contributed by atoms with van der Waals surface area (Å²) in [5.41, 5.74) is 6.67. The molecule has 24 heavy (non-hydrogen) atoms. The second kappa shape index (κ2) is 9.24.